The molecule has 0 aliphatic carbocycles. The molecule has 1 atom stereocenters. The number of hydrogen-bond donors (Lipinski definition) is 2. The molecule has 4 rings (SSSR count). The molecular formula is C31H40N6O2. The predicted octanol–water partition coefficient (Wildman–Crippen LogP) is 4.18. The molecule has 1 saturated heterocycles. The molecule has 8 heteroatoms. The van der Waals surface area contributed by atoms with E-state index in [1.54, 1.807) is 18.3 Å². The van der Waals surface area contributed by atoms with E-state index in [1.807, 2.05) is 50.5 Å². The Hall–Kier alpha value is -3.78. The normalized spacial score (nSPS) is 15.1. The highest BCUT2D eigenvalue weighted by molar-refractivity contribution is 5.96. The van der Waals surface area contributed by atoms with Crippen molar-refractivity contribution in [1.82, 2.24) is 20.2 Å². The summed E-state index contributed by atoms with van der Waals surface area (Å²) >= 11 is 0. The zero-order chi connectivity index (χ0) is 27.9. The van der Waals surface area contributed by atoms with E-state index in [0.29, 0.717) is 29.8 Å². The van der Waals surface area contributed by atoms with E-state index in [9.17, 15) is 9.59 Å². The van der Waals surface area contributed by atoms with Crippen LogP contribution >= 0.6 is 0 Å². The third-order valence-electron chi connectivity index (χ3n) is 7.96. The summed E-state index contributed by atoms with van der Waals surface area (Å²) in [4.78, 5) is 37.9. The molecule has 1 aromatic carbocycles. The molecule has 1 fully saturated rings. The second kappa shape index (κ2) is 12.8. The second-order valence-electron chi connectivity index (χ2n) is 10.6. The molecule has 1 aliphatic rings. The number of carbonyl (C=O) groups is 2. The maximum absolute atomic E-state index is 12.7. The summed E-state index contributed by atoms with van der Waals surface area (Å²) in [6, 6.07) is 12.3. The van der Waals surface area contributed by atoms with Gasteiger partial charge in [-0.05, 0) is 100 Å². The van der Waals surface area contributed by atoms with Crippen LogP contribution in [0.1, 0.15) is 69.3 Å². The number of nitrogens with one attached hydrogen (secondary N) is 1. The summed E-state index contributed by atoms with van der Waals surface area (Å²) in [6.07, 6.45) is 8.46. The van der Waals surface area contributed by atoms with Crippen LogP contribution in [0.25, 0.3) is 0 Å². The maximum Gasteiger partial charge on any atom is 0.253 e. The van der Waals surface area contributed by atoms with Crippen molar-refractivity contribution in [3.8, 4) is 0 Å². The third kappa shape index (κ3) is 7.00. The van der Waals surface area contributed by atoms with Crippen LogP contribution in [0.15, 0.2) is 55.0 Å². The van der Waals surface area contributed by atoms with Crippen LogP contribution in [0.4, 0.5) is 5.69 Å². The highest BCUT2D eigenvalue weighted by Gasteiger charge is 2.28. The topological polar surface area (TPSA) is 104 Å². The van der Waals surface area contributed by atoms with Crippen molar-refractivity contribution in [1.29, 1.82) is 0 Å². The molecule has 1 aliphatic heterocycles. The van der Waals surface area contributed by atoms with E-state index in [2.05, 4.69) is 38.9 Å². The minimum absolute atomic E-state index is 0.0484. The Kier molecular flexibility index (Phi) is 9.30. The summed E-state index contributed by atoms with van der Waals surface area (Å²) in [5.74, 6) is -0.465. The minimum Gasteiger partial charge on any atom is -0.366 e. The highest BCUT2D eigenvalue weighted by atomic mass is 16.2. The van der Waals surface area contributed by atoms with Crippen molar-refractivity contribution in [2.45, 2.75) is 65.6 Å². The van der Waals surface area contributed by atoms with Gasteiger partial charge in [0.1, 0.15) is 0 Å². The molecule has 2 amide bonds. The van der Waals surface area contributed by atoms with Crippen LogP contribution in [0.2, 0.25) is 0 Å². The van der Waals surface area contributed by atoms with E-state index in [4.69, 9.17) is 5.73 Å². The van der Waals surface area contributed by atoms with E-state index >= 15 is 0 Å². The van der Waals surface area contributed by atoms with Gasteiger partial charge in [-0.25, -0.2) is 0 Å². The monoisotopic (exact) mass is 528 g/mol. The van der Waals surface area contributed by atoms with Gasteiger partial charge in [-0.3, -0.25) is 19.6 Å². The van der Waals surface area contributed by atoms with Crippen LogP contribution in [-0.2, 0) is 6.54 Å². The van der Waals surface area contributed by atoms with Gasteiger partial charge in [0.15, 0.2) is 0 Å². The number of rotatable bonds is 10. The third-order valence-corrected chi connectivity index (χ3v) is 7.96. The van der Waals surface area contributed by atoms with Crippen LogP contribution in [0.3, 0.4) is 0 Å². The first-order valence-electron chi connectivity index (χ1n) is 13.7. The first-order valence-corrected chi connectivity index (χ1v) is 13.7. The number of likely N-dealkylation sites (tertiary alicyclic amines) is 1. The fraction of sp³-hybridized carbons (Fsp3) is 0.419. The molecule has 0 radical (unpaired) electrons. The molecule has 0 bridgehead atoms. The van der Waals surface area contributed by atoms with Gasteiger partial charge < -0.3 is 20.9 Å². The molecule has 39 heavy (non-hydrogen) atoms. The Labute approximate surface area is 231 Å². The number of benzene rings is 1. The molecule has 0 spiro atoms. The SMILES string of the molecule is Cc1ccncc1CN(c1ccc(C(N)=O)cc1)C1CCN(C(C)CCNC(=O)c2c(C)ccnc2C)CC1. The predicted molar refractivity (Wildman–Crippen MR) is 155 cm³/mol. The van der Waals surface area contributed by atoms with Gasteiger partial charge in [-0.1, -0.05) is 0 Å². The number of primary amides is 1. The smallest absolute Gasteiger partial charge is 0.253 e. The molecule has 3 N–H and O–H groups in total. The van der Waals surface area contributed by atoms with Gasteiger partial charge in [-0.2, -0.15) is 0 Å². The fourth-order valence-corrected chi connectivity index (χ4v) is 5.44. The van der Waals surface area contributed by atoms with Crippen molar-refractivity contribution in [2.75, 3.05) is 24.5 Å². The molecular weight excluding hydrogens is 488 g/mol. The van der Waals surface area contributed by atoms with E-state index in [1.165, 1.54) is 11.1 Å². The first-order chi connectivity index (χ1) is 18.7. The van der Waals surface area contributed by atoms with Gasteiger partial charge in [0, 0.05) is 68.1 Å². The van der Waals surface area contributed by atoms with Crippen molar-refractivity contribution in [3.05, 3.63) is 88.5 Å². The zero-order valence-electron chi connectivity index (χ0n) is 23.5. The average Bonchev–Trinajstić information content (AvgIpc) is 2.92. The standard InChI is InChI=1S/C31H40N6O2/c1-21-9-14-33-19-26(21)20-37(27-7-5-25(6-8-27)30(32)38)28-12-17-36(18-13-28)23(3)11-16-35-31(39)29-22(2)10-15-34-24(29)4/h5-10,14-15,19,23,28H,11-13,16-18,20H2,1-4H3,(H2,32,38)(H,35,39). The number of amides is 2. The number of pyridine rings is 2. The summed E-state index contributed by atoms with van der Waals surface area (Å²) in [5.41, 5.74) is 11.9. The Morgan fingerprint density at radius 3 is 2.38 bits per heavy atom. The molecule has 2 aromatic heterocycles. The number of nitrogens with two attached hydrogens (primary N) is 1. The van der Waals surface area contributed by atoms with Crippen molar-refractivity contribution in [2.24, 2.45) is 5.73 Å². The van der Waals surface area contributed by atoms with Crippen molar-refractivity contribution in [3.63, 3.8) is 0 Å². The summed E-state index contributed by atoms with van der Waals surface area (Å²) in [7, 11) is 0. The quantitative estimate of drug-likeness (QED) is 0.409. The van der Waals surface area contributed by atoms with Gasteiger partial charge in [0.25, 0.3) is 5.91 Å². The van der Waals surface area contributed by atoms with Gasteiger partial charge in [0.2, 0.25) is 5.91 Å². The van der Waals surface area contributed by atoms with Crippen LogP contribution in [-0.4, -0.2) is 58.4 Å². The van der Waals surface area contributed by atoms with Crippen molar-refractivity contribution >= 4 is 17.5 Å². The molecule has 3 heterocycles. The Balaban J connectivity index is 1.36. The van der Waals surface area contributed by atoms with Gasteiger partial charge >= 0.3 is 0 Å². The largest absolute Gasteiger partial charge is 0.366 e. The van der Waals surface area contributed by atoms with E-state index in [0.717, 1.165) is 55.8 Å². The zero-order valence-corrected chi connectivity index (χ0v) is 23.5. The first kappa shape index (κ1) is 28.2. The maximum atomic E-state index is 12.7. The van der Waals surface area contributed by atoms with Crippen molar-refractivity contribution < 1.29 is 9.59 Å². The summed E-state index contributed by atoms with van der Waals surface area (Å²) in [5, 5.41) is 3.09. The number of aromatic nitrogens is 2. The lowest BCUT2D eigenvalue weighted by molar-refractivity contribution is 0.0942. The highest BCUT2D eigenvalue weighted by Crippen LogP contribution is 2.28. The Morgan fingerprint density at radius 1 is 1.05 bits per heavy atom. The van der Waals surface area contributed by atoms with Crippen LogP contribution in [0, 0.1) is 20.8 Å². The molecule has 206 valence electrons. The number of hydrogen-bond acceptors (Lipinski definition) is 6. The average molecular weight is 529 g/mol. The Morgan fingerprint density at radius 2 is 1.74 bits per heavy atom. The number of piperidine rings is 1. The number of anilines is 1. The second-order valence-corrected chi connectivity index (χ2v) is 10.6. The number of aryl methyl sites for hydroxylation is 3. The lowest BCUT2D eigenvalue weighted by atomic mass is 9.98. The summed E-state index contributed by atoms with van der Waals surface area (Å²) < 4.78 is 0. The number of nitrogens with zero attached hydrogens (tertiary/aromatic N) is 4. The Bertz CT molecular complexity index is 1260. The van der Waals surface area contributed by atoms with Crippen LogP contribution < -0.4 is 16.0 Å². The minimum atomic E-state index is -0.416. The van der Waals surface area contributed by atoms with Gasteiger partial charge in [0.05, 0.1) is 11.3 Å². The molecule has 3 aromatic rings. The van der Waals surface area contributed by atoms with E-state index < -0.39 is 5.91 Å². The van der Waals surface area contributed by atoms with Gasteiger partial charge in [-0.15, -0.1) is 0 Å². The molecule has 0 saturated carbocycles. The fourth-order valence-electron chi connectivity index (χ4n) is 5.44. The molecule has 1 unspecified atom stereocenters. The molecule has 8 nitrogen and oxygen atoms in total. The van der Waals surface area contributed by atoms with E-state index in [-0.39, 0.29) is 5.91 Å². The van der Waals surface area contributed by atoms with Crippen LogP contribution in [0.5, 0.6) is 0 Å². The summed E-state index contributed by atoms with van der Waals surface area (Å²) in [6.45, 7) is 11.5. The number of carbonyl (C=O) groups excluding carboxylic acids is 2. The lowest BCUT2D eigenvalue weighted by Gasteiger charge is -2.42. The lowest BCUT2D eigenvalue weighted by Crippen LogP contribution is -2.48.